The number of ether oxygens (including phenoxy) is 1. The van der Waals surface area contributed by atoms with Crippen LogP contribution in [0.15, 0.2) is 24.4 Å². The van der Waals surface area contributed by atoms with Gasteiger partial charge in [0.1, 0.15) is 5.75 Å². The Bertz CT molecular complexity index is 558. The van der Waals surface area contributed by atoms with E-state index in [0.29, 0.717) is 11.8 Å². The highest BCUT2D eigenvalue weighted by atomic mass is 16.5. The Morgan fingerprint density at radius 2 is 1.67 bits per heavy atom. The fraction of sp³-hybridized carbons (Fsp3) is 0.438. The fourth-order valence-electron chi connectivity index (χ4n) is 2.34. The number of pyridine rings is 1. The van der Waals surface area contributed by atoms with Crippen LogP contribution in [0.3, 0.4) is 0 Å². The second-order valence-electron chi connectivity index (χ2n) is 5.32. The maximum absolute atomic E-state index is 5.48. The van der Waals surface area contributed by atoms with Crippen molar-refractivity contribution in [1.82, 2.24) is 4.98 Å². The van der Waals surface area contributed by atoms with Crippen molar-refractivity contribution < 1.29 is 4.74 Å². The van der Waals surface area contributed by atoms with Gasteiger partial charge < -0.3 is 4.74 Å². The third kappa shape index (κ3) is 2.20. The molecule has 2 aromatic rings. The Labute approximate surface area is 109 Å². The molecular weight excluding hydrogens is 222 g/mol. The van der Waals surface area contributed by atoms with Crippen molar-refractivity contribution in [3.05, 3.63) is 35.5 Å². The van der Waals surface area contributed by atoms with Crippen LogP contribution in [0.1, 0.15) is 50.7 Å². The average Bonchev–Trinajstić information content (AvgIpc) is 2.35. The fourth-order valence-corrected chi connectivity index (χ4v) is 2.34. The Balaban J connectivity index is 2.75. The standard InChI is InChI=1S/C16H21NO/c1-10(2)12-6-7-17-15-9-16(18-5)13(11(3)4)8-14(12)15/h6-11H,1-5H3. The van der Waals surface area contributed by atoms with Gasteiger partial charge in [0.25, 0.3) is 0 Å². The SMILES string of the molecule is COc1cc2nccc(C(C)C)c2cc1C(C)C. The molecule has 1 heterocycles. The highest BCUT2D eigenvalue weighted by Gasteiger charge is 2.13. The zero-order chi connectivity index (χ0) is 13.3. The highest BCUT2D eigenvalue weighted by Crippen LogP contribution is 2.33. The van der Waals surface area contributed by atoms with Crippen molar-refractivity contribution in [2.24, 2.45) is 0 Å². The van der Waals surface area contributed by atoms with E-state index in [1.54, 1.807) is 7.11 Å². The van der Waals surface area contributed by atoms with Gasteiger partial charge in [-0.15, -0.1) is 0 Å². The first-order valence-corrected chi connectivity index (χ1v) is 6.51. The molecule has 0 aliphatic carbocycles. The summed E-state index contributed by atoms with van der Waals surface area (Å²) in [5, 5.41) is 1.25. The molecule has 0 unspecified atom stereocenters. The maximum Gasteiger partial charge on any atom is 0.124 e. The third-order valence-electron chi connectivity index (χ3n) is 3.37. The Hall–Kier alpha value is -1.57. The van der Waals surface area contributed by atoms with E-state index in [1.807, 2.05) is 6.20 Å². The normalized spacial score (nSPS) is 11.5. The summed E-state index contributed by atoms with van der Waals surface area (Å²) >= 11 is 0. The van der Waals surface area contributed by atoms with E-state index in [1.165, 1.54) is 16.5 Å². The van der Waals surface area contributed by atoms with E-state index in [2.05, 4.69) is 50.9 Å². The number of aromatic nitrogens is 1. The summed E-state index contributed by atoms with van der Waals surface area (Å²) in [7, 11) is 1.72. The minimum Gasteiger partial charge on any atom is -0.496 e. The number of methoxy groups -OCH3 is 1. The van der Waals surface area contributed by atoms with Crippen LogP contribution >= 0.6 is 0 Å². The largest absolute Gasteiger partial charge is 0.496 e. The lowest BCUT2D eigenvalue weighted by Crippen LogP contribution is -1.98. The molecule has 2 rings (SSSR count). The molecule has 0 bridgehead atoms. The minimum atomic E-state index is 0.449. The molecule has 0 saturated heterocycles. The van der Waals surface area contributed by atoms with Crippen LogP contribution in [0.5, 0.6) is 5.75 Å². The molecule has 2 heteroatoms. The minimum absolute atomic E-state index is 0.449. The lowest BCUT2D eigenvalue weighted by Gasteiger charge is -2.15. The lowest BCUT2D eigenvalue weighted by atomic mass is 9.94. The molecule has 18 heavy (non-hydrogen) atoms. The van der Waals surface area contributed by atoms with Crippen molar-refractivity contribution >= 4 is 10.9 Å². The van der Waals surface area contributed by atoms with Gasteiger partial charge in [0.2, 0.25) is 0 Å². The number of hydrogen-bond acceptors (Lipinski definition) is 2. The first-order chi connectivity index (χ1) is 8.54. The van der Waals surface area contributed by atoms with Gasteiger partial charge in [-0.25, -0.2) is 0 Å². The van der Waals surface area contributed by atoms with E-state index in [-0.39, 0.29) is 0 Å². The topological polar surface area (TPSA) is 22.1 Å². The molecule has 0 N–H and O–H groups in total. The highest BCUT2D eigenvalue weighted by molar-refractivity contribution is 5.85. The van der Waals surface area contributed by atoms with Crippen LogP contribution in [-0.4, -0.2) is 12.1 Å². The van der Waals surface area contributed by atoms with Crippen LogP contribution in [0.2, 0.25) is 0 Å². The smallest absolute Gasteiger partial charge is 0.124 e. The number of rotatable bonds is 3. The van der Waals surface area contributed by atoms with Crippen molar-refractivity contribution in [2.75, 3.05) is 7.11 Å². The molecule has 0 saturated carbocycles. The molecule has 96 valence electrons. The quantitative estimate of drug-likeness (QED) is 0.792. The van der Waals surface area contributed by atoms with Crippen LogP contribution in [0.25, 0.3) is 10.9 Å². The molecule has 0 aliphatic rings. The zero-order valence-electron chi connectivity index (χ0n) is 11.8. The van der Waals surface area contributed by atoms with Crippen molar-refractivity contribution in [3.63, 3.8) is 0 Å². The molecule has 0 aliphatic heterocycles. The second kappa shape index (κ2) is 4.97. The summed E-state index contributed by atoms with van der Waals surface area (Å²) in [6.45, 7) is 8.81. The van der Waals surface area contributed by atoms with E-state index >= 15 is 0 Å². The maximum atomic E-state index is 5.48. The number of fused-ring (bicyclic) bond motifs is 1. The molecule has 0 fully saturated rings. The molecule has 0 spiro atoms. The van der Waals surface area contributed by atoms with Crippen LogP contribution in [0, 0.1) is 0 Å². The molecule has 2 nitrogen and oxygen atoms in total. The summed E-state index contributed by atoms with van der Waals surface area (Å²) in [5.41, 5.74) is 3.62. The average molecular weight is 243 g/mol. The van der Waals surface area contributed by atoms with E-state index in [4.69, 9.17) is 4.74 Å². The number of nitrogens with zero attached hydrogens (tertiary/aromatic N) is 1. The predicted octanol–water partition coefficient (Wildman–Crippen LogP) is 4.49. The first-order valence-electron chi connectivity index (χ1n) is 6.51. The van der Waals surface area contributed by atoms with E-state index in [0.717, 1.165) is 11.3 Å². The number of benzene rings is 1. The summed E-state index contributed by atoms with van der Waals surface area (Å²) in [6, 6.07) is 6.40. The Kier molecular flexibility index (Phi) is 3.55. The van der Waals surface area contributed by atoms with Gasteiger partial charge in [0.05, 0.1) is 12.6 Å². The van der Waals surface area contributed by atoms with Gasteiger partial charge in [0, 0.05) is 17.6 Å². The number of hydrogen-bond donors (Lipinski definition) is 0. The van der Waals surface area contributed by atoms with Crippen molar-refractivity contribution in [1.29, 1.82) is 0 Å². The van der Waals surface area contributed by atoms with Gasteiger partial charge in [-0.2, -0.15) is 0 Å². The Morgan fingerprint density at radius 3 is 2.22 bits per heavy atom. The third-order valence-corrected chi connectivity index (χ3v) is 3.37. The van der Waals surface area contributed by atoms with Gasteiger partial charge in [-0.05, 0) is 35.1 Å². The summed E-state index contributed by atoms with van der Waals surface area (Å²) in [4.78, 5) is 4.45. The van der Waals surface area contributed by atoms with Crippen molar-refractivity contribution in [3.8, 4) is 5.75 Å². The molecule has 1 aromatic heterocycles. The monoisotopic (exact) mass is 243 g/mol. The van der Waals surface area contributed by atoms with Crippen LogP contribution < -0.4 is 4.74 Å². The first kappa shape index (κ1) is 12.9. The zero-order valence-corrected chi connectivity index (χ0v) is 11.8. The molecular formula is C16H21NO. The van der Waals surface area contributed by atoms with Gasteiger partial charge in [0.15, 0.2) is 0 Å². The van der Waals surface area contributed by atoms with Crippen molar-refractivity contribution in [2.45, 2.75) is 39.5 Å². The van der Waals surface area contributed by atoms with Gasteiger partial charge >= 0.3 is 0 Å². The summed E-state index contributed by atoms with van der Waals surface area (Å²) in [5.74, 6) is 1.89. The molecule has 0 radical (unpaired) electrons. The molecule has 0 atom stereocenters. The lowest BCUT2D eigenvalue weighted by molar-refractivity contribution is 0.408. The molecule has 1 aromatic carbocycles. The van der Waals surface area contributed by atoms with Gasteiger partial charge in [-0.3, -0.25) is 4.98 Å². The molecule has 0 amide bonds. The van der Waals surface area contributed by atoms with E-state index in [9.17, 15) is 0 Å². The Morgan fingerprint density at radius 1 is 1.00 bits per heavy atom. The summed E-state index contributed by atoms with van der Waals surface area (Å²) < 4.78 is 5.48. The van der Waals surface area contributed by atoms with Crippen LogP contribution in [0.4, 0.5) is 0 Å². The predicted molar refractivity (Wildman–Crippen MR) is 76.5 cm³/mol. The summed E-state index contributed by atoms with van der Waals surface area (Å²) in [6.07, 6.45) is 1.88. The van der Waals surface area contributed by atoms with E-state index < -0.39 is 0 Å². The van der Waals surface area contributed by atoms with Crippen LogP contribution in [-0.2, 0) is 0 Å². The van der Waals surface area contributed by atoms with Gasteiger partial charge in [-0.1, -0.05) is 27.7 Å². The second-order valence-corrected chi connectivity index (χ2v) is 5.32.